The molecule has 0 aromatic carbocycles. The van der Waals surface area contributed by atoms with E-state index in [1.807, 2.05) is 0 Å². The van der Waals surface area contributed by atoms with Gasteiger partial charge in [0, 0.05) is 25.9 Å². The molecular formula is C17H38O3Si. The number of hydrogen-bond acceptors (Lipinski definition) is 3. The molecule has 0 saturated carbocycles. The number of rotatable bonds is 13. The molecule has 0 amide bonds. The molecule has 2 unspecified atom stereocenters. The summed E-state index contributed by atoms with van der Waals surface area (Å²) in [7, 11) is -2.53. The molecule has 0 aliphatic carbocycles. The minimum Gasteiger partial charge on any atom is -0.373 e. The largest absolute Gasteiger partial charge is 0.501 e. The van der Waals surface area contributed by atoms with Crippen LogP contribution in [0, 0.1) is 17.8 Å². The minimum atomic E-state index is -2.53. The summed E-state index contributed by atoms with van der Waals surface area (Å²) >= 11 is 0. The highest BCUT2D eigenvalue weighted by atomic mass is 28.4. The van der Waals surface area contributed by atoms with E-state index in [2.05, 4.69) is 48.5 Å². The van der Waals surface area contributed by atoms with Crippen LogP contribution in [0.5, 0.6) is 0 Å². The van der Waals surface area contributed by atoms with Crippen LogP contribution in [0.3, 0.4) is 0 Å². The van der Waals surface area contributed by atoms with E-state index in [1.54, 1.807) is 0 Å². The maximum absolute atomic E-state index is 6.18. The van der Waals surface area contributed by atoms with Crippen LogP contribution in [0.15, 0.2) is 0 Å². The van der Waals surface area contributed by atoms with E-state index < -0.39 is 8.80 Å². The smallest absolute Gasteiger partial charge is 0.373 e. The van der Waals surface area contributed by atoms with Gasteiger partial charge in [-0.2, -0.15) is 0 Å². The van der Waals surface area contributed by atoms with Crippen molar-refractivity contribution in [3.8, 4) is 0 Å². The summed E-state index contributed by atoms with van der Waals surface area (Å²) in [6.07, 6.45) is 3.02. The van der Waals surface area contributed by atoms with Crippen molar-refractivity contribution in [2.45, 2.75) is 73.8 Å². The summed E-state index contributed by atoms with van der Waals surface area (Å²) in [6.45, 7) is 17.8. The van der Waals surface area contributed by atoms with E-state index in [1.165, 1.54) is 0 Å². The Balaban J connectivity index is 4.92. The molecule has 4 heteroatoms. The number of hydrogen-bond donors (Lipinski definition) is 0. The summed E-state index contributed by atoms with van der Waals surface area (Å²) in [5.41, 5.74) is 0. The van der Waals surface area contributed by atoms with E-state index in [-0.39, 0.29) is 0 Å². The molecule has 0 radical (unpaired) electrons. The van der Waals surface area contributed by atoms with Gasteiger partial charge in [-0.25, -0.2) is 0 Å². The maximum Gasteiger partial charge on any atom is 0.501 e. The standard InChI is InChI=1S/C17H38O3Si/c1-8-11-18-21(19-12-9-2,20-13-10-3)14-16(6)17(7)15(4)5/h15-17H,8-14H2,1-7H3. The van der Waals surface area contributed by atoms with Crippen LogP contribution in [-0.4, -0.2) is 28.6 Å². The summed E-state index contributed by atoms with van der Waals surface area (Å²) in [6, 6.07) is 0.937. The van der Waals surface area contributed by atoms with E-state index in [0.717, 1.165) is 45.1 Å². The fourth-order valence-corrected chi connectivity index (χ4v) is 5.62. The first-order chi connectivity index (χ1) is 9.92. The normalized spacial score (nSPS) is 15.4. The lowest BCUT2D eigenvalue weighted by Crippen LogP contribution is -2.48. The zero-order chi connectivity index (χ0) is 16.3. The van der Waals surface area contributed by atoms with E-state index >= 15 is 0 Å². The Morgan fingerprint density at radius 3 is 1.38 bits per heavy atom. The molecule has 0 aromatic heterocycles. The van der Waals surface area contributed by atoms with Crippen molar-refractivity contribution in [2.75, 3.05) is 19.8 Å². The van der Waals surface area contributed by atoms with Crippen LogP contribution in [-0.2, 0) is 13.3 Å². The lowest BCUT2D eigenvalue weighted by molar-refractivity contribution is 0.0525. The zero-order valence-electron chi connectivity index (χ0n) is 15.4. The van der Waals surface area contributed by atoms with Gasteiger partial charge in [0.1, 0.15) is 0 Å². The van der Waals surface area contributed by atoms with Crippen molar-refractivity contribution >= 4 is 8.80 Å². The Labute approximate surface area is 134 Å². The third-order valence-electron chi connectivity index (χ3n) is 4.10. The van der Waals surface area contributed by atoms with Gasteiger partial charge in [-0.05, 0) is 37.0 Å². The molecule has 21 heavy (non-hydrogen) atoms. The van der Waals surface area contributed by atoms with Gasteiger partial charge in [0.25, 0.3) is 0 Å². The van der Waals surface area contributed by atoms with Gasteiger partial charge in [-0.15, -0.1) is 0 Å². The Hall–Kier alpha value is 0.0969. The predicted octanol–water partition coefficient (Wildman–Crippen LogP) is 5.13. The molecule has 128 valence electrons. The highest BCUT2D eigenvalue weighted by molar-refractivity contribution is 6.60. The molecule has 0 spiro atoms. The summed E-state index contributed by atoms with van der Waals surface area (Å²) in [5.74, 6) is 1.88. The predicted molar refractivity (Wildman–Crippen MR) is 92.5 cm³/mol. The van der Waals surface area contributed by atoms with Gasteiger partial charge in [-0.1, -0.05) is 48.5 Å². The molecule has 0 saturated heterocycles. The van der Waals surface area contributed by atoms with Crippen molar-refractivity contribution in [1.82, 2.24) is 0 Å². The summed E-state index contributed by atoms with van der Waals surface area (Å²) < 4.78 is 18.5. The monoisotopic (exact) mass is 318 g/mol. The van der Waals surface area contributed by atoms with Gasteiger partial charge in [0.15, 0.2) is 0 Å². The van der Waals surface area contributed by atoms with Gasteiger partial charge in [-0.3, -0.25) is 0 Å². The van der Waals surface area contributed by atoms with Crippen LogP contribution in [0.4, 0.5) is 0 Å². The molecule has 0 aromatic rings. The van der Waals surface area contributed by atoms with Gasteiger partial charge >= 0.3 is 8.80 Å². The first kappa shape index (κ1) is 21.1. The fourth-order valence-electron chi connectivity index (χ4n) is 2.31. The van der Waals surface area contributed by atoms with Crippen molar-refractivity contribution < 1.29 is 13.3 Å². The Morgan fingerprint density at radius 1 is 0.714 bits per heavy atom. The Morgan fingerprint density at radius 2 is 1.10 bits per heavy atom. The van der Waals surface area contributed by atoms with E-state index in [4.69, 9.17) is 13.3 Å². The molecule has 0 aliphatic rings. The average molecular weight is 319 g/mol. The van der Waals surface area contributed by atoms with Crippen molar-refractivity contribution in [1.29, 1.82) is 0 Å². The third-order valence-corrected chi connectivity index (χ3v) is 7.18. The van der Waals surface area contributed by atoms with Crippen LogP contribution in [0.1, 0.15) is 67.7 Å². The molecule has 0 rings (SSSR count). The minimum absolute atomic E-state index is 0.558. The summed E-state index contributed by atoms with van der Waals surface area (Å²) in [4.78, 5) is 0. The van der Waals surface area contributed by atoms with Gasteiger partial charge in [0.2, 0.25) is 0 Å². The zero-order valence-corrected chi connectivity index (χ0v) is 16.4. The van der Waals surface area contributed by atoms with Crippen LogP contribution in [0.2, 0.25) is 6.04 Å². The fraction of sp³-hybridized carbons (Fsp3) is 1.00. The first-order valence-corrected chi connectivity index (χ1v) is 10.8. The van der Waals surface area contributed by atoms with Gasteiger partial charge < -0.3 is 13.3 Å². The average Bonchev–Trinajstić information content (AvgIpc) is 2.47. The van der Waals surface area contributed by atoms with E-state index in [9.17, 15) is 0 Å². The van der Waals surface area contributed by atoms with Gasteiger partial charge in [0.05, 0.1) is 0 Å². The Bertz CT molecular complexity index is 224. The molecule has 0 fully saturated rings. The Kier molecular flexibility index (Phi) is 11.7. The maximum atomic E-state index is 6.18. The molecule has 0 aliphatic heterocycles. The molecule has 0 bridgehead atoms. The van der Waals surface area contributed by atoms with Crippen molar-refractivity contribution in [2.24, 2.45) is 17.8 Å². The topological polar surface area (TPSA) is 27.7 Å². The molecule has 0 heterocycles. The lowest BCUT2D eigenvalue weighted by Gasteiger charge is -2.34. The quantitative estimate of drug-likeness (QED) is 0.440. The molecule has 2 atom stereocenters. The van der Waals surface area contributed by atoms with Crippen molar-refractivity contribution in [3.63, 3.8) is 0 Å². The lowest BCUT2D eigenvalue weighted by atomic mass is 9.87. The SMILES string of the molecule is CCCO[Si](CC(C)C(C)C(C)C)(OCCC)OCCC. The second kappa shape index (κ2) is 11.6. The molecular weight excluding hydrogens is 280 g/mol. The molecule has 3 nitrogen and oxygen atoms in total. The second-order valence-corrected chi connectivity index (χ2v) is 9.15. The highest BCUT2D eigenvalue weighted by Gasteiger charge is 2.43. The van der Waals surface area contributed by atoms with Crippen LogP contribution in [0.25, 0.3) is 0 Å². The van der Waals surface area contributed by atoms with Crippen LogP contribution < -0.4 is 0 Å². The second-order valence-electron chi connectivity index (χ2n) is 6.51. The van der Waals surface area contributed by atoms with E-state index in [0.29, 0.717) is 17.8 Å². The van der Waals surface area contributed by atoms with Crippen LogP contribution >= 0.6 is 0 Å². The third kappa shape index (κ3) is 8.34. The van der Waals surface area contributed by atoms with Crippen molar-refractivity contribution in [3.05, 3.63) is 0 Å². The highest BCUT2D eigenvalue weighted by Crippen LogP contribution is 2.30. The first-order valence-electron chi connectivity index (χ1n) is 8.84. The summed E-state index contributed by atoms with van der Waals surface area (Å²) in [5, 5.41) is 0. The molecule has 0 N–H and O–H groups in total.